The van der Waals surface area contributed by atoms with E-state index in [4.69, 9.17) is 51.6 Å². The Morgan fingerprint density at radius 1 is 0.738 bits per heavy atom. The molecule has 9 rings (SSSR count). The van der Waals surface area contributed by atoms with Crippen LogP contribution < -0.4 is 0 Å². The second-order valence-corrected chi connectivity index (χ2v) is 28.0. The third kappa shape index (κ3) is 11.8. The first-order valence-corrected chi connectivity index (χ1v) is 31.3. The minimum Gasteiger partial charge on any atom is -0.458 e. The van der Waals surface area contributed by atoms with Crippen LogP contribution in [0, 0.1) is 39.4 Å². The monoisotopic (exact) mass is 1240 g/mol. The predicted molar refractivity (Wildman–Crippen MR) is 282 cm³/mol. The summed E-state index contributed by atoms with van der Waals surface area (Å²) in [5.41, 5.74) is -1.61. The molecule has 10 N–H and O–H groups in total. The molecule has 0 radical (unpaired) electrons. The molecule has 0 aromatic heterocycles. The first kappa shape index (κ1) is 66.1. The molecule has 0 bridgehead atoms. The van der Waals surface area contributed by atoms with Crippen LogP contribution >= 0.6 is 0 Å². The average molecular weight is 1250 g/mol. The van der Waals surface area contributed by atoms with Gasteiger partial charge in [0.25, 0.3) is 0 Å². The van der Waals surface area contributed by atoms with Gasteiger partial charge in [0.15, 0.2) is 25.2 Å². The molecule has 0 unspecified atom stereocenters. The molecule has 28 nitrogen and oxygen atoms in total. The van der Waals surface area contributed by atoms with Crippen molar-refractivity contribution < 1.29 is 132 Å². The van der Waals surface area contributed by atoms with Crippen LogP contribution in [0.2, 0.25) is 0 Å². The molecule has 9 aliphatic rings. The molecule has 84 heavy (non-hydrogen) atoms. The Morgan fingerprint density at radius 3 is 1.99 bits per heavy atom. The van der Waals surface area contributed by atoms with E-state index in [0.29, 0.717) is 38.5 Å². The van der Waals surface area contributed by atoms with Crippen LogP contribution in [-0.4, -0.2) is 234 Å². The molecule has 5 saturated heterocycles. The highest BCUT2D eigenvalue weighted by atomic mass is 32.3. The first-order chi connectivity index (χ1) is 39.1. The van der Waals surface area contributed by atoms with Crippen molar-refractivity contribution in [1.29, 1.82) is 0 Å². The summed E-state index contributed by atoms with van der Waals surface area (Å²) in [6.07, 6.45) is -27.9. The standard InChI is InChI=1S/C54H84O28S2/c1-23(2)11-10-16-53(8)44-27(56)19-52(7)26-12-13-31-50(4,5)32(15-17-51(31,6)25(26)14-18-54(44,52)49(64)81-53)77-48-43(35(59)30(21-72-48)82-84(68,69)70)80-45-37(61)36(60)40(24(3)74-45)78-47-39(63)42(34(58)29(76-47)22-73-83(65,66)67)79-46-38(62)41(71-9)33(57)28(20-55)75-46/h12,24-25,28-48,55,57-63H,1,10-11,13-22H2,2-9H3,(H,65,66,67)(H,68,69,70)/t24-,25-,28-,29-,30-,31+,32+,33-,34-,35+,36-,37-,38-,39-,40-,41+,42+,43-,44-,45+,46+,47+,48+,51-,52+,53+,54-/m1/s1. The summed E-state index contributed by atoms with van der Waals surface area (Å²) >= 11 is 0. The fourth-order valence-corrected chi connectivity index (χ4v) is 17.0. The van der Waals surface area contributed by atoms with Gasteiger partial charge < -0.3 is 88.2 Å². The minimum absolute atomic E-state index is 0.00406. The maximum atomic E-state index is 14.4. The van der Waals surface area contributed by atoms with Gasteiger partial charge in [0.1, 0.15) is 96.8 Å². The molecule has 4 aliphatic carbocycles. The van der Waals surface area contributed by atoms with Gasteiger partial charge in [0, 0.05) is 18.9 Å². The number of carbonyl (C=O) groups is 2. The molecule has 5 heterocycles. The number of fused-ring (bicyclic) bond motifs is 4. The van der Waals surface area contributed by atoms with Crippen molar-refractivity contribution in [3.63, 3.8) is 0 Å². The molecule has 480 valence electrons. The van der Waals surface area contributed by atoms with Crippen molar-refractivity contribution in [2.75, 3.05) is 26.9 Å². The summed E-state index contributed by atoms with van der Waals surface area (Å²) in [7, 11) is -9.27. The molecule has 30 heteroatoms. The van der Waals surface area contributed by atoms with E-state index in [-0.39, 0.29) is 35.4 Å². The zero-order valence-corrected chi connectivity index (χ0v) is 49.8. The number of allylic oxidation sites excluding steroid dienone is 3. The number of hydrogen-bond acceptors (Lipinski definition) is 26. The number of cyclic esters (lactones) is 1. The Bertz CT molecular complexity index is 2690. The van der Waals surface area contributed by atoms with Crippen LogP contribution in [0.15, 0.2) is 23.8 Å². The predicted octanol–water partition coefficient (Wildman–Crippen LogP) is -0.555. The van der Waals surface area contributed by atoms with E-state index in [2.05, 4.69) is 30.7 Å². The molecule has 1 spiro atoms. The van der Waals surface area contributed by atoms with Crippen LogP contribution in [0.1, 0.15) is 106 Å². The van der Waals surface area contributed by atoms with Gasteiger partial charge in [-0.15, -0.1) is 6.58 Å². The van der Waals surface area contributed by atoms with Gasteiger partial charge in [0.05, 0.1) is 43.4 Å². The van der Waals surface area contributed by atoms with Crippen LogP contribution in [-0.2, 0) is 86.1 Å². The number of rotatable bonds is 19. The lowest BCUT2D eigenvalue weighted by Gasteiger charge is -2.63. The maximum Gasteiger partial charge on any atom is 0.397 e. The number of esters is 1. The highest BCUT2D eigenvalue weighted by molar-refractivity contribution is 7.81. The number of methoxy groups -OCH3 is 1. The topological polar surface area (TPSA) is 415 Å². The van der Waals surface area contributed by atoms with Gasteiger partial charge in [-0.1, -0.05) is 44.9 Å². The third-order valence-corrected chi connectivity index (χ3v) is 21.2. The lowest BCUT2D eigenvalue weighted by molar-refractivity contribution is -0.389. The normalized spacial score (nSPS) is 48.5. The number of aliphatic hydroxyl groups is 8. The second-order valence-electron chi connectivity index (χ2n) is 25.8. The molecule has 0 aromatic carbocycles. The Hall–Kier alpha value is -2.32. The van der Waals surface area contributed by atoms with E-state index in [1.54, 1.807) is 0 Å². The Morgan fingerprint density at radius 2 is 1.36 bits per heavy atom. The van der Waals surface area contributed by atoms with Crippen LogP contribution in [0.4, 0.5) is 0 Å². The van der Waals surface area contributed by atoms with E-state index in [1.165, 1.54) is 6.92 Å². The minimum atomic E-state index is -5.22. The van der Waals surface area contributed by atoms with Gasteiger partial charge in [-0.2, -0.15) is 16.8 Å². The largest absolute Gasteiger partial charge is 0.458 e. The SMILES string of the molecule is C=C(C)CCC[C@]1(C)OC(=O)[C@]23CC[C@@H]4C(=CC[C@H]5C(C)(C)[C@@H](O[C@@H]6OC[C@@H](OS(=O)(=O)O)[C@H](O)[C@H]6O[C@@H]6O[C@H](C)[C@@H](O[C@@H]7O[C@H](COS(=O)(=O)O)[C@@H](O)[C@H](O[C@@H]8O[C@H](CO)[C@@H](O)[C@H](OC)[C@H]8O)[C@H]7O)[C@H](O)[C@H]6O)CC[C@]45C)[C@]2(C)CC(=O)[C@@H]31. The van der Waals surface area contributed by atoms with Crippen LogP contribution in [0.3, 0.4) is 0 Å². The second kappa shape index (κ2) is 24.1. The van der Waals surface area contributed by atoms with Crippen LogP contribution in [0.5, 0.6) is 0 Å². The number of Topliss-reactive ketones (excluding diaryl/α,β-unsaturated/α-hetero) is 1. The lowest BCUT2D eigenvalue weighted by atomic mass is 9.41. The molecule has 3 saturated carbocycles. The summed E-state index contributed by atoms with van der Waals surface area (Å²) in [5, 5.41) is 89.5. The van der Waals surface area contributed by atoms with E-state index >= 15 is 0 Å². The lowest BCUT2D eigenvalue weighted by Crippen LogP contribution is -2.67. The van der Waals surface area contributed by atoms with E-state index < -0.39 is 191 Å². The van der Waals surface area contributed by atoms with Crippen LogP contribution in [0.25, 0.3) is 0 Å². The summed E-state index contributed by atoms with van der Waals surface area (Å²) in [4.78, 5) is 28.7. The highest BCUT2D eigenvalue weighted by Gasteiger charge is 2.79. The number of ether oxygens (including phenoxy) is 10. The summed E-state index contributed by atoms with van der Waals surface area (Å²) in [5.74, 6) is -0.907. The van der Waals surface area contributed by atoms with Gasteiger partial charge in [-0.25, -0.2) is 8.37 Å². The van der Waals surface area contributed by atoms with Crippen molar-refractivity contribution in [2.45, 2.75) is 235 Å². The molecular formula is C54H84O28S2. The third-order valence-electron chi connectivity index (χ3n) is 20.3. The number of aliphatic hydroxyl groups excluding tert-OH is 8. The quantitative estimate of drug-likeness (QED) is 0.0440. The Kier molecular flexibility index (Phi) is 19.0. The Labute approximate surface area is 487 Å². The molecule has 0 amide bonds. The van der Waals surface area contributed by atoms with Gasteiger partial charge in [-0.05, 0) is 94.8 Å². The molecule has 5 aliphatic heterocycles. The van der Waals surface area contributed by atoms with Crippen molar-refractivity contribution in [2.24, 2.45) is 39.4 Å². The summed E-state index contributed by atoms with van der Waals surface area (Å²) in [6, 6.07) is 0. The number of ketones is 1. The van der Waals surface area contributed by atoms with Crippen molar-refractivity contribution in [3.05, 3.63) is 23.8 Å². The summed E-state index contributed by atoms with van der Waals surface area (Å²) < 4.78 is 135. The molecular weight excluding hydrogens is 1160 g/mol. The smallest absolute Gasteiger partial charge is 0.397 e. The maximum absolute atomic E-state index is 14.4. The van der Waals surface area contributed by atoms with Gasteiger partial charge in [-0.3, -0.25) is 18.7 Å². The fourth-order valence-electron chi connectivity index (χ4n) is 16.2. The fraction of sp³-hybridized carbons (Fsp3) is 0.889. The zero-order valence-electron chi connectivity index (χ0n) is 48.2. The Balaban J connectivity index is 0.917. The zero-order chi connectivity index (χ0) is 61.8. The molecule has 27 atom stereocenters. The van der Waals surface area contributed by atoms with E-state index in [1.807, 2.05) is 27.7 Å². The number of hydrogen-bond donors (Lipinski definition) is 10. The van der Waals surface area contributed by atoms with Crippen molar-refractivity contribution in [3.8, 4) is 0 Å². The van der Waals surface area contributed by atoms with E-state index in [0.717, 1.165) is 31.1 Å². The van der Waals surface area contributed by atoms with Crippen molar-refractivity contribution in [1.82, 2.24) is 0 Å². The van der Waals surface area contributed by atoms with Gasteiger partial charge in [0.2, 0.25) is 0 Å². The van der Waals surface area contributed by atoms with E-state index in [9.17, 15) is 76.4 Å². The first-order valence-electron chi connectivity index (χ1n) is 28.6. The highest BCUT2D eigenvalue weighted by Crippen LogP contribution is 2.75. The van der Waals surface area contributed by atoms with Gasteiger partial charge >= 0.3 is 26.8 Å². The summed E-state index contributed by atoms with van der Waals surface area (Å²) in [6.45, 7) is 15.0. The van der Waals surface area contributed by atoms with Crippen molar-refractivity contribution >= 4 is 32.6 Å². The average Bonchev–Trinajstić information content (AvgIpc) is 1.61. The molecule has 0 aromatic rings. The number of carbonyl (C=O) groups excluding carboxylic acids is 2. The molecule has 8 fully saturated rings.